The minimum atomic E-state index is -0.0916. The van der Waals surface area contributed by atoms with Gasteiger partial charge in [0, 0.05) is 29.2 Å². The van der Waals surface area contributed by atoms with Crippen LogP contribution in [0.5, 0.6) is 5.75 Å². The van der Waals surface area contributed by atoms with E-state index in [0.29, 0.717) is 10.9 Å². The van der Waals surface area contributed by atoms with Gasteiger partial charge in [-0.05, 0) is 31.0 Å². The van der Waals surface area contributed by atoms with Crippen LogP contribution in [-0.2, 0) is 4.74 Å². The molecule has 4 heteroatoms. The molecule has 0 spiro atoms. The third-order valence-corrected chi connectivity index (χ3v) is 3.91. The Balaban J connectivity index is 2.27. The summed E-state index contributed by atoms with van der Waals surface area (Å²) in [6, 6.07) is 5.50. The lowest BCUT2D eigenvalue weighted by Gasteiger charge is -2.25. The number of methoxy groups -OCH3 is 1. The van der Waals surface area contributed by atoms with Crippen molar-refractivity contribution < 1.29 is 9.47 Å². The van der Waals surface area contributed by atoms with Crippen molar-refractivity contribution in [2.75, 3.05) is 13.7 Å². The maximum absolute atomic E-state index is 6.39. The summed E-state index contributed by atoms with van der Waals surface area (Å²) >= 11 is 6.05. The number of ether oxygens (including phenoxy) is 2. The molecule has 1 aliphatic heterocycles. The van der Waals surface area contributed by atoms with Crippen molar-refractivity contribution in [1.29, 1.82) is 0 Å². The Morgan fingerprint density at radius 1 is 1.56 bits per heavy atom. The number of benzene rings is 1. The average molecular weight is 270 g/mol. The summed E-state index contributed by atoms with van der Waals surface area (Å²) in [5.74, 6) is 1.14. The van der Waals surface area contributed by atoms with Gasteiger partial charge in [-0.2, -0.15) is 0 Å². The van der Waals surface area contributed by atoms with Crippen LogP contribution in [0.3, 0.4) is 0 Å². The molecule has 3 nitrogen and oxygen atoms in total. The Kier molecular flexibility index (Phi) is 4.49. The van der Waals surface area contributed by atoms with Crippen molar-refractivity contribution in [3.63, 3.8) is 0 Å². The largest absolute Gasteiger partial charge is 0.496 e. The molecule has 0 saturated carbocycles. The van der Waals surface area contributed by atoms with Crippen LogP contribution in [0.15, 0.2) is 18.2 Å². The fourth-order valence-electron chi connectivity index (χ4n) is 2.69. The summed E-state index contributed by atoms with van der Waals surface area (Å²) in [4.78, 5) is 0. The normalized spacial score (nSPS) is 25.1. The van der Waals surface area contributed by atoms with Gasteiger partial charge in [-0.25, -0.2) is 0 Å². The fourth-order valence-corrected chi connectivity index (χ4v) is 2.87. The summed E-state index contributed by atoms with van der Waals surface area (Å²) < 4.78 is 11.1. The van der Waals surface area contributed by atoms with Gasteiger partial charge < -0.3 is 15.2 Å². The van der Waals surface area contributed by atoms with E-state index in [4.69, 9.17) is 26.8 Å². The van der Waals surface area contributed by atoms with Crippen LogP contribution in [0.25, 0.3) is 0 Å². The molecule has 100 valence electrons. The molecule has 0 radical (unpaired) electrons. The summed E-state index contributed by atoms with van der Waals surface area (Å²) in [6.07, 6.45) is 2.22. The van der Waals surface area contributed by atoms with Crippen LogP contribution in [-0.4, -0.2) is 19.8 Å². The molecule has 1 heterocycles. The molecule has 1 aliphatic rings. The van der Waals surface area contributed by atoms with Gasteiger partial charge >= 0.3 is 0 Å². The molecule has 1 aromatic rings. The molecule has 2 N–H and O–H groups in total. The smallest absolute Gasteiger partial charge is 0.123 e. The Labute approximate surface area is 113 Å². The zero-order valence-corrected chi connectivity index (χ0v) is 11.6. The molecule has 18 heavy (non-hydrogen) atoms. The number of halogens is 1. The van der Waals surface area contributed by atoms with Crippen LogP contribution in [0.2, 0.25) is 5.02 Å². The highest BCUT2D eigenvalue weighted by atomic mass is 35.5. The summed E-state index contributed by atoms with van der Waals surface area (Å²) in [7, 11) is 1.65. The van der Waals surface area contributed by atoms with Gasteiger partial charge in [0.05, 0.1) is 13.2 Å². The first-order chi connectivity index (χ1) is 8.67. The zero-order chi connectivity index (χ0) is 13.1. The number of hydrogen-bond acceptors (Lipinski definition) is 3. The van der Waals surface area contributed by atoms with Crippen LogP contribution in [0.1, 0.15) is 31.4 Å². The monoisotopic (exact) mass is 269 g/mol. The quantitative estimate of drug-likeness (QED) is 0.913. The van der Waals surface area contributed by atoms with E-state index >= 15 is 0 Å². The first kappa shape index (κ1) is 13.7. The van der Waals surface area contributed by atoms with Crippen molar-refractivity contribution in [2.24, 2.45) is 11.7 Å². The third-order valence-electron chi connectivity index (χ3n) is 3.68. The highest BCUT2D eigenvalue weighted by molar-refractivity contribution is 6.30. The molecule has 0 bridgehead atoms. The van der Waals surface area contributed by atoms with Gasteiger partial charge in [0.25, 0.3) is 0 Å². The van der Waals surface area contributed by atoms with Gasteiger partial charge in [-0.15, -0.1) is 0 Å². The molecular weight excluding hydrogens is 250 g/mol. The molecule has 1 fully saturated rings. The van der Waals surface area contributed by atoms with E-state index < -0.39 is 0 Å². The first-order valence-corrected chi connectivity index (χ1v) is 6.75. The lowest BCUT2D eigenvalue weighted by molar-refractivity contribution is 0.0811. The number of nitrogens with two attached hydrogens (primary N) is 1. The van der Waals surface area contributed by atoms with E-state index in [9.17, 15) is 0 Å². The predicted octanol–water partition coefficient (Wildman–Crippen LogP) is 3.16. The molecule has 3 unspecified atom stereocenters. The SMILES string of the molecule is CCC1OCCC1C(N)c1cc(Cl)ccc1OC. The Bertz CT molecular complexity index is 411. The molecule has 1 saturated heterocycles. The maximum atomic E-state index is 6.39. The van der Waals surface area contributed by atoms with E-state index in [1.807, 2.05) is 18.2 Å². The second-order valence-corrected chi connectivity index (χ2v) is 5.12. The number of hydrogen-bond donors (Lipinski definition) is 1. The molecule has 0 aromatic heterocycles. The van der Waals surface area contributed by atoms with Gasteiger partial charge in [-0.1, -0.05) is 18.5 Å². The maximum Gasteiger partial charge on any atom is 0.123 e. The molecule has 0 aliphatic carbocycles. The van der Waals surface area contributed by atoms with E-state index in [1.165, 1.54) is 0 Å². The third kappa shape index (κ3) is 2.63. The Morgan fingerprint density at radius 3 is 3.00 bits per heavy atom. The summed E-state index contributed by atoms with van der Waals surface area (Å²) in [6.45, 7) is 2.92. The van der Waals surface area contributed by atoms with E-state index in [-0.39, 0.29) is 12.1 Å². The number of rotatable bonds is 4. The topological polar surface area (TPSA) is 44.5 Å². The Hall–Kier alpha value is -0.770. The van der Waals surface area contributed by atoms with Crippen LogP contribution in [0, 0.1) is 5.92 Å². The van der Waals surface area contributed by atoms with Crippen LogP contribution < -0.4 is 10.5 Å². The molecule has 0 amide bonds. The van der Waals surface area contributed by atoms with E-state index in [2.05, 4.69) is 6.92 Å². The molecule has 3 atom stereocenters. The van der Waals surface area contributed by atoms with Crippen LogP contribution in [0.4, 0.5) is 0 Å². The van der Waals surface area contributed by atoms with Crippen LogP contribution >= 0.6 is 11.6 Å². The van der Waals surface area contributed by atoms with E-state index in [0.717, 1.165) is 30.8 Å². The lowest BCUT2D eigenvalue weighted by Crippen LogP contribution is -2.28. The van der Waals surface area contributed by atoms with Crippen molar-refractivity contribution >= 4 is 11.6 Å². The predicted molar refractivity (Wildman–Crippen MR) is 73.1 cm³/mol. The minimum Gasteiger partial charge on any atom is -0.496 e. The highest BCUT2D eigenvalue weighted by Crippen LogP contribution is 2.37. The van der Waals surface area contributed by atoms with Crippen molar-refractivity contribution in [3.8, 4) is 5.75 Å². The van der Waals surface area contributed by atoms with Gasteiger partial charge in [-0.3, -0.25) is 0 Å². The summed E-state index contributed by atoms with van der Waals surface area (Å²) in [5.41, 5.74) is 7.36. The Morgan fingerprint density at radius 2 is 2.33 bits per heavy atom. The van der Waals surface area contributed by atoms with Crippen molar-refractivity contribution in [1.82, 2.24) is 0 Å². The second-order valence-electron chi connectivity index (χ2n) is 4.68. The lowest BCUT2D eigenvalue weighted by atomic mass is 9.87. The zero-order valence-electron chi connectivity index (χ0n) is 10.9. The highest BCUT2D eigenvalue weighted by Gasteiger charge is 2.33. The summed E-state index contributed by atoms with van der Waals surface area (Å²) in [5, 5.41) is 0.688. The second kappa shape index (κ2) is 5.91. The van der Waals surface area contributed by atoms with Gasteiger partial charge in [0.15, 0.2) is 0 Å². The van der Waals surface area contributed by atoms with Gasteiger partial charge in [0.2, 0.25) is 0 Å². The van der Waals surface area contributed by atoms with Crippen molar-refractivity contribution in [2.45, 2.75) is 31.9 Å². The van der Waals surface area contributed by atoms with Crippen molar-refractivity contribution in [3.05, 3.63) is 28.8 Å². The first-order valence-electron chi connectivity index (χ1n) is 6.38. The molecular formula is C14H20ClNO2. The standard InChI is InChI=1S/C14H20ClNO2/c1-3-12-10(6-7-18-12)14(16)11-8-9(15)4-5-13(11)17-2/h4-5,8,10,12,14H,3,6-7,16H2,1-2H3. The minimum absolute atomic E-state index is 0.0916. The molecule has 1 aromatic carbocycles. The molecule has 2 rings (SSSR count). The van der Waals surface area contributed by atoms with Gasteiger partial charge in [0.1, 0.15) is 5.75 Å². The fraction of sp³-hybridized carbons (Fsp3) is 0.571. The van der Waals surface area contributed by atoms with E-state index in [1.54, 1.807) is 7.11 Å². The average Bonchev–Trinajstić information content (AvgIpc) is 2.86.